The van der Waals surface area contributed by atoms with Gasteiger partial charge in [-0.25, -0.2) is 0 Å². The zero-order valence-electron chi connectivity index (χ0n) is 33.1. The molecular formula is C41H74N2O8. The van der Waals surface area contributed by atoms with Gasteiger partial charge in [0, 0.05) is 25.5 Å². The molecule has 0 aromatic heterocycles. The number of hydrogen-bond donors (Lipinski definition) is 5. The Hall–Kier alpha value is -1.66. The summed E-state index contributed by atoms with van der Waals surface area (Å²) in [5.74, 6) is 1.17. The van der Waals surface area contributed by atoms with Crippen molar-refractivity contribution in [2.75, 3.05) is 26.3 Å². The summed E-state index contributed by atoms with van der Waals surface area (Å²) in [6.45, 7) is 17.8. The third kappa shape index (κ3) is 16.5. The van der Waals surface area contributed by atoms with Crippen molar-refractivity contribution in [3.8, 4) is 0 Å². The predicted octanol–water partition coefficient (Wildman–Crippen LogP) is 5.65. The van der Waals surface area contributed by atoms with Gasteiger partial charge in [0.2, 0.25) is 5.91 Å². The molecule has 1 spiro atoms. The van der Waals surface area contributed by atoms with Crippen LogP contribution < -0.4 is 11.1 Å². The number of aliphatic hydroxyl groups excluding tert-OH is 3. The van der Waals surface area contributed by atoms with Crippen molar-refractivity contribution in [3.05, 3.63) is 23.8 Å². The first-order valence-electron chi connectivity index (χ1n) is 19.8. The van der Waals surface area contributed by atoms with Crippen molar-refractivity contribution >= 4 is 11.7 Å². The zero-order valence-corrected chi connectivity index (χ0v) is 33.1. The topological polar surface area (TPSA) is 161 Å². The van der Waals surface area contributed by atoms with Gasteiger partial charge in [-0.15, -0.1) is 0 Å². The summed E-state index contributed by atoms with van der Waals surface area (Å²) in [4.78, 5) is 23.4. The standard InChI is InChI=1S/C22H41NO3.C19H33NO5/c1-16(12-18(3)19(4)24)7-8-20-13-22(15-25-14-20)10-9-17(2)21(26-22)6-5-11-23;1-5-6-15(22)9-16-8-7-12(2)18(25-16)10-19(24)20-11-17(23)13(3)14(4)21/h12,16-17,19-21,24H,5-11,13-15,23H2,1-4H3;5-6,12-13,15-18,22-23H,7-11H2,1-4H3,(H,20,24)/b18-12+;6-5+. The molecule has 0 bridgehead atoms. The lowest BCUT2D eigenvalue weighted by molar-refractivity contribution is -0.211. The molecule has 3 aliphatic rings. The van der Waals surface area contributed by atoms with E-state index in [1.54, 1.807) is 13.0 Å². The molecule has 0 aromatic rings. The van der Waals surface area contributed by atoms with Gasteiger partial charge in [-0.05, 0) is 121 Å². The Bertz CT molecular complexity index is 1080. The molecule has 0 saturated carbocycles. The molecule has 3 saturated heterocycles. The largest absolute Gasteiger partial charge is 0.391 e. The minimum Gasteiger partial charge on any atom is -0.391 e. The number of allylic oxidation sites excluding steroid dienone is 2. The number of Topliss-reactive ketones (excluding diaryl/α,β-unsaturated/α-hetero) is 1. The monoisotopic (exact) mass is 723 g/mol. The van der Waals surface area contributed by atoms with Crippen molar-refractivity contribution in [2.24, 2.45) is 35.3 Å². The van der Waals surface area contributed by atoms with Crippen LogP contribution in [0.25, 0.3) is 0 Å². The second-order valence-electron chi connectivity index (χ2n) is 16.2. The number of aliphatic hydroxyl groups is 3. The summed E-state index contributed by atoms with van der Waals surface area (Å²) in [7, 11) is 0. The third-order valence-electron chi connectivity index (χ3n) is 11.4. The average molecular weight is 723 g/mol. The van der Waals surface area contributed by atoms with Crippen molar-refractivity contribution in [1.82, 2.24) is 5.32 Å². The first-order chi connectivity index (χ1) is 24.1. The second kappa shape index (κ2) is 23.2. The molecule has 3 rings (SSSR count). The van der Waals surface area contributed by atoms with E-state index in [4.69, 9.17) is 19.9 Å². The number of carbonyl (C=O) groups is 2. The molecule has 10 heteroatoms. The van der Waals surface area contributed by atoms with E-state index >= 15 is 0 Å². The number of rotatable bonds is 17. The summed E-state index contributed by atoms with van der Waals surface area (Å²) >= 11 is 0. The molecule has 1 amide bonds. The zero-order chi connectivity index (χ0) is 38.1. The van der Waals surface area contributed by atoms with Crippen molar-refractivity contribution in [3.63, 3.8) is 0 Å². The summed E-state index contributed by atoms with van der Waals surface area (Å²) < 4.78 is 18.7. The summed E-state index contributed by atoms with van der Waals surface area (Å²) in [5, 5.41) is 32.1. The molecule has 12 unspecified atom stereocenters. The molecule has 3 aliphatic heterocycles. The molecule has 51 heavy (non-hydrogen) atoms. The molecule has 3 heterocycles. The van der Waals surface area contributed by atoms with Crippen LogP contribution in [0.2, 0.25) is 0 Å². The normalized spacial score (nSPS) is 31.6. The highest BCUT2D eigenvalue weighted by Gasteiger charge is 2.44. The van der Waals surface area contributed by atoms with Crippen LogP contribution in [0.3, 0.4) is 0 Å². The fourth-order valence-electron chi connectivity index (χ4n) is 7.50. The van der Waals surface area contributed by atoms with Crippen molar-refractivity contribution in [1.29, 1.82) is 0 Å². The van der Waals surface area contributed by atoms with Gasteiger partial charge in [0.15, 0.2) is 0 Å². The number of carbonyl (C=O) groups excluding carboxylic acids is 2. The lowest BCUT2D eigenvalue weighted by Gasteiger charge is -2.48. The van der Waals surface area contributed by atoms with Gasteiger partial charge in [-0.1, -0.05) is 45.9 Å². The van der Waals surface area contributed by atoms with E-state index in [0.29, 0.717) is 30.3 Å². The third-order valence-corrected chi connectivity index (χ3v) is 11.4. The predicted molar refractivity (Wildman–Crippen MR) is 203 cm³/mol. The Morgan fingerprint density at radius 2 is 1.73 bits per heavy atom. The molecular weight excluding hydrogens is 648 g/mol. The number of nitrogens with one attached hydrogen (secondary N) is 1. The molecule has 0 aliphatic carbocycles. The van der Waals surface area contributed by atoms with Crippen LogP contribution in [0.5, 0.6) is 0 Å². The number of ketones is 1. The molecule has 3 fully saturated rings. The number of hydrogen-bond acceptors (Lipinski definition) is 9. The van der Waals surface area contributed by atoms with Gasteiger partial charge in [-0.3, -0.25) is 9.59 Å². The summed E-state index contributed by atoms with van der Waals surface area (Å²) in [5.41, 5.74) is 6.71. The van der Waals surface area contributed by atoms with Crippen LogP contribution in [0.15, 0.2) is 23.8 Å². The van der Waals surface area contributed by atoms with Crippen molar-refractivity contribution < 1.29 is 39.1 Å². The van der Waals surface area contributed by atoms with Crippen LogP contribution in [-0.2, 0) is 23.8 Å². The fraction of sp³-hybridized carbons (Fsp3) is 0.854. The Morgan fingerprint density at radius 1 is 1.02 bits per heavy atom. The maximum Gasteiger partial charge on any atom is 0.222 e. The molecule has 12 atom stereocenters. The van der Waals surface area contributed by atoms with Gasteiger partial charge in [-0.2, -0.15) is 0 Å². The SMILES string of the molecule is C/C(=C\C(C)CCC1COCC2(CCC(C)C(CCCN)O2)C1)C(C)O.C/C=C/C(O)CC1CCC(C)C(CC(=O)NCC(O)C(C)C(C)=O)O1. The average Bonchev–Trinajstić information content (AvgIpc) is 3.08. The minimum atomic E-state index is -0.880. The number of amides is 1. The highest BCUT2D eigenvalue weighted by Crippen LogP contribution is 2.42. The first-order valence-corrected chi connectivity index (χ1v) is 19.8. The smallest absolute Gasteiger partial charge is 0.222 e. The first kappa shape index (κ1) is 45.5. The molecule has 6 N–H and O–H groups in total. The van der Waals surface area contributed by atoms with Crippen LogP contribution in [-0.4, -0.2) is 95.5 Å². The second-order valence-corrected chi connectivity index (χ2v) is 16.2. The lowest BCUT2D eigenvalue weighted by Crippen LogP contribution is -2.51. The molecule has 296 valence electrons. The molecule has 0 aromatic carbocycles. The van der Waals surface area contributed by atoms with Gasteiger partial charge in [0.1, 0.15) is 5.78 Å². The van der Waals surface area contributed by atoms with E-state index < -0.39 is 18.1 Å². The van der Waals surface area contributed by atoms with E-state index in [1.165, 1.54) is 19.8 Å². The maximum atomic E-state index is 12.1. The molecule has 0 radical (unpaired) electrons. The van der Waals surface area contributed by atoms with E-state index in [9.17, 15) is 24.9 Å². The summed E-state index contributed by atoms with van der Waals surface area (Å²) in [6.07, 6.45) is 14.6. The van der Waals surface area contributed by atoms with E-state index in [-0.39, 0.29) is 54.5 Å². The number of ether oxygens (including phenoxy) is 3. The van der Waals surface area contributed by atoms with Crippen LogP contribution in [0.1, 0.15) is 126 Å². The Kier molecular flexibility index (Phi) is 20.7. The lowest BCUT2D eigenvalue weighted by atomic mass is 9.77. The van der Waals surface area contributed by atoms with Crippen molar-refractivity contribution in [2.45, 2.75) is 168 Å². The van der Waals surface area contributed by atoms with E-state index in [0.717, 1.165) is 70.3 Å². The minimum absolute atomic E-state index is 0.0523. The summed E-state index contributed by atoms with van der Waals surface area (Å²) in [6, 6.07) is 0. The van der Waals surface area contributed by atoms with E-state index in [2.05, 4.69) is 32.2 Å². The van der Waals surface area contributed by atoms with E-state index in [1.807, 2.05) is 26.8 Å². The van der Waals surface area contributed by atoms with Gasteiger partial charge < -0.3 is 40.6 Å². The quantitative estimate of drug-likeness (QED) is 0.120. The van der Waals surface area contributed by atoms with Gasteiger partial charge in [0.25, 0.3) is 0 Å². The Balaban J connectivity index is 0.000000354. The highest BCUT2D eigenvalue weighted by atomic mass is 16.6. The maximum absolute atomic E-state index is 12.1. The Labute approximate surface area is 309 Å². The van der Waals surface area contributed by atoms with Crippen LogP contribution >= 0.6 is 0 Å². The van der Waals surface area contributed by atoms with Gasteiger partial charge >= 0.3 is 0 Å². The number of nitrogens with two attached hydrogens (primary N) is 1. The van der Waals surface area contributed by atoms with Crippen LogP contribution in [0.4, 0.5) is 0 Å². The fourth-order valence-corrected chi connectivity index (χ4v) is 7.50. The molecule has 10 nitrogen and oxygen atoms in total. The Morgan fingerprint density at radius 3 is 2.37 bits per heavy atom. The van der Waals surface area contributed by atoms with Gasteiger partial charge in [0.05, 0.1) is 55.3 Å². The van der Waals surface area contributed by atoms with Crippen LogP contribution in [0, 0.1) is 29.6 Å². The highest BCUT2D eigenvalue weighted by molar-refractivity contribution is 5.79.